The van der Waals surface area contributed by atoms with Gasteiger partial charge in [0.1, 0.15) is 6.61 Å². The third kappa shape index (κ3) is 4.64. The summed E-state index contributed by atoms with van der Waals surface area (Å²) in [6.07, 6.45) is 0.0596. The summed E-state index contributed by atoms with van der Waals surface area (Å²) in [6.45, 7) is 3.86. The van der Waals surface area contributed by atoms with Crippen LogP contribution in [0, 0.1) is 0 Å². The predicted octanol–water partition coefficient (Wildman–Crippen LogP) is 2.79. The van der Waals surface area contributed by atoms with Gasteiger partial charge in [-0.2, -0.15) is 0 Å². The SMILES string of the molecule is CC(C)OCC(=O)Nc1ccc(CCl)cc1. The Morgan fingerprint density at radius 2 is 2.00 bits per heavy atom. The molecule has 1 aromatic carbocycles. The average Bonchev–Trinajstić information content (AvgIpc) is 2.27. The van der Waals surface area contributed by atoms with E-state index in [1.165, 1.54) is 0 Å². The molecule has 0 aliphatic rings. The van der Waals surface area contributed by atoms with Gasteiger partial charge in [-0.25, -0.2) is 0 Å². The number of rotatable bonds is 5. The van der Waals surface area contributed by atoms with Gasteiger partial charge in [0.25, 0.3) is 0 Å². The van der Waals surface area contributed by atoms with Gasteiger partial charge in [0.15, 0.2) is 0 Å². The number of amides is 1. The number of nitrogens with one attached hydrogen (secondary N) is 1. The highest BCUT2D eigenvalue weighted by atomic mass is 35.5. The molecule has 0 fully saturated rings. The van der Waals surface area contributed by atoms with Crippen LogP contribution >= 0.6 is 11.6 Å². The van der Waals surface area contributed by atoms with E-state index in [0.29, 0.717) is 5.88 Å². The van der Waals surface area contributed by atoms with E-state index in [1.807, 2.05) is 38.1 Å². The van der Waals surface area contributed by atoms with Gasteiger partial charge in [-0.1, -0.05) is 12.1 Å². The number of alkyl halides is 1. The van der Waals surface area contributed by atoms with Crippen LogP contribution in [0.1, 0.15) is 19.4 Å². The first kappa shape index (κ1) is 13.0. The standard InChI is InChI=1S/C12H16ClNO2/c1-9(2)16-8-12(15)14-11-5-3-10(7-13)4-6-11/h3-6,9H,7-8H2,1-2H3,(H,14,15). The van der Waals surface area contributed by atoms with Gasteiger partial charge in [0.05, 0.1) is 6.10 Å². The molecule has 4 heteroatoms. The van der Waals surface area contributed by atoms with Crippen molar-refractivity contribution in [3.8, 4) is 0 Å². The van der Waals surface area contributed by atoms with Crippen molar-refractivity contribution >= 4 is 23.2 Å². The highest BCUT2D eigenvalue weighted by Gasteiger charge is 2.03. The maximum Gasteiger partial charge on any atom is 0.250 e. The lowest BCUT2D eigenvalue weighted by Crippen LogP contribution is -2.20. The maximum absolute atomic E-state index is 11.4. The molecule has 1 amide bonds. The van der Waals surface area contributed by atoms with Crippen molar-refractivity contribution in [3.05, 3.63) is 29.8 Å². The lowest BCUT2D eigenvalue weighted by Gasteiger charge is -2.08. The Hall–Kier alpha value is -1.06. The second kappa shape index (κ2) is 6.51. The molecular formula is C12H16ClNO2. The van der Waals surface area contributed by atoms with Crippen molar-refractivity contribution in [1.82, 2.24) is 0 Å². The van der Waals surface area contributed by atoms with Crippen LogP contribution < -0.4 is 5.32 Å². The first-order valence-electron chi connectivity index (χ1n) is 5.18. The molecule has 0 saturated carbocycles. The Morgan fingerprint density at radius 1 is 1.38 bits per heavy atom. The van der Waals surface area contributed by atoms with E-state index in [9.17, 15) is 4.79 Å². The lowest BCUT2D eigenvalue weighted by atomic mass is 10.2. The van der Waals surface area contributed by atoms with E-state index in [0.717, 1.165) is 11.3 Å². The molecule has 1 N–H and O–H groups in total. The van der Waals surface area contributed by atoms with Crippen LogP contribution in [0.25, 0.3) is 0 Å². The summed E-state index contributed by atoms with van der Waals surface area (Å²) in [4.78, 5) is 11.4. The zero-order valence-electron chi connectivity index (χ0n) is 9.50. The van der Waals surface area contributed by atoms with Crippen molar-refractivity contribution in [3.63, 3.8) is 0 Å². The fraction of sp³-hybridized carbons (Fsp3) is 0.417. The topological polar surface area (TPSA) is 38.3 Å². The van der Waals surface area contributed by atoms with E-state index in [4.69, 9.17) is 16.3 Å². The van der Waals surface area contributed by atoms with Gasteiger partial charge in [-0.3, -0.25) is 4.79 Å². The zero-order chi connectivity index (χ0) is 12.0. The monoisotopic (exact) mass is 241 g/mol. The molecule has 1 aromatic rings. The molecule has 0 aliphatic heterocycles. The summed E-state index contributed by atoms with van der Waals surface area (Å²) in [7, 11) is 0. The molecule has 16 heavy (non-hydrogen) atoms. The van der Waals surface area contributed by atoms with Crippen LogP contribution in [-0.2, 0) is 15.4 Å². The molecule has 0 bridgehead atoms. The van der Waals surface area contributed by atoms with Gasteiger partial charge in [-0.15, -0.1) is 11.6 Å². The highest BCUT2D eigenvalue weighted by molar-refractivity contribution is 6.17. The quantitative estimate of drug-likeness (QED) is 0.805. The summed E-state index contributed by atoms with van der Waals surface area (Å²) in [5.74, 6) is 0.331. The number of benzene rings is 1. The highest BCUT2D eigenvalue weighted by Crippen LogP contribution is 2.11. The molecule has 1 rings (SSSR count). The minimum atomic E-state index is -0.146. The molecule has 0 heterocycles. The summed E-state index contributed by atoms with van der Waals surface area (Å²) in [5, 5.41) is 2.74. The first-order valence-corrected chi connectivity index (χ1v) is 5.71. The van der Waals surface area contributed by atoms with Crippen LogP contribution in [0.15, 0.2) is 24.3 Å². The predicted molar refractivity (Wildman–Crippen MR) is 65.7 cm³/mol. The Kier molecular flexibility index (Phi) is 5.29. The smallest absolute Gasteiger partial charge is 0.250 e. The summed E-state index contributed by atoms with van der Waals surface area (Å²) >= 11 is 5.66. The van der Waals surface area contributed by atoms with Gasteiger partial charge in [-0.05, 0) is 31.5 Å². The molecule has 0 radical (unpaired) electrons. The van der Waals surface area contributed by atoms with E-state index in [1.54, 1.807) is 0 Å². The van der Waals surface area contributed by atoms with E-state index in [2.05, 4.69) is 5.32 Å². The van der Waals surface area contributed by atoms with Crippen molar-refractivity contribution in [1.29, 1.82) is 0 Å². The minimum Gasteiger partial charge on any atom is -0.369 e. The van der Waals surface area contributed by atoms with Crippen molar-refractivity contribution in [2.24, 2.45) is 0 Å². The summed E-state index contributed by atoms with van der Waals surface area (Å²) in [6, 6.07) is 7.41. The molecule has 0 unspecified atom stereocenters. The fourth-order valence-electron chi connectivity index (χ4n) is 1.12. The van der Waals surface area contributed by atoms with Crippen molar-refractivity contribution < 1.29 is 9.53 Å². The van der Waals surface area contributed by atoms with Crippen LogP contribution in [0.4, 0.5) is 5.69 Å². The third-order valence-corrected chi connectivity index (χ3v) is 2.25. The second-order valence-electron chi connectivity index (χ2n) is 3.74. The molecule has 0 saturated heterocycles. The summed E-state index contributed by atoms with van der Waals surface area (Å²) in [5.41, 5.74) is 1.78. The van der Waals surface area contributed by atoms with Crippen LogP contribution in [0.5, 0.6) is 0 Å². The number of carbonyl (C=O) groups is 1. The zero-order valence-corrected chi connectivity index (χ0v) is 10.3. The molecule has 88 valence electrons. The molecule has 0 aromatic heterocycles. The number of anilines is 1. The maximum atomic E-state index is 11.4. The first-order chi connectivity index (χ1) is 7.61. The van der Waals surface area contributed by atoms with Crippen LogP contribution in [-0.4, -0.2) is 18.6 Å². The second-order valence-corrected chi connectivity index (χ2v) is 4.01. The molecule has 3 nitrogen and oxygen atoms in total. The molecular weight excluding hydrogens is 226 g/mol. The van der Waals surface area contributed by atoms with Crippen molar-refractivity contribution in [2.75, 3.05) is 11.9 Å². The van der Waals surface area contributed by atoms with E-state index < -0.39 is 0 Å². The molecule has 0 atom stereocenters. The van der Waals surface area contributed by atoms with E-state index in [-0.39, 0.29) is 18.6 Å². The Labute approximate surface area is 101 Å². The van der Waals surface area contributed by atoms with Gasteiger partial charge >= 0.3 is 0 Å². The van der Waals surface area contributed by atoms with Gasteiger partial charge in [0, 0.05) is 11.6 Å². The normalized spacial score (nSPS) is 10.5. The Bertz CT molecular complexity index is 335. The molecule has 0 aliphatic carbocycles. The van der Waals surface area contributed by atoms with Crippen LogP contribution in [0.2, 0.25) is 0 Å². The number of halogens is 1. The van der Waals surface area contributed by atoms with Crippen molar-refractivity contribution in [2.45, 2.75) is 25.8 Å². The fourth-order valence-corrected chi connectivity index (χ4v) is 1.29. The number of carbonyl (C=O) groups excluding carboxylic acids is 1. The lowest BCUT2D eigenvalue weighted by molar-refractivity contribution is -0.121. The minimum absolute atomic E-state index is 0.0596. The molecule has 0 spiro atoms. The average molecular weight is 242 g/mol. The number of ether oxygens (including phenoxy) is 1. The Balaban J connectivity index is 2.43. The summed E-state index contributed by atoms with van der Waals surface area (Å²) < 4.78 is 5.19. The van der Waals surface area contributed by atoms with E-state index >= 15 is 0 Å². The third-order valence-electron chi connectivity index (χ3n) is 1.94. The number of hydrogen-bond acceptors (Lipinski definition) is 2. The largest absolute Gasteiger partial charge is 0.369 e. The van der Waals surface area contributed by atoms with Crippen LogP contribution in [0.3, 0.4) is 0 Å². The Morgan fingerprint density at radius 3 is 2.50 bits per heavy atom. The van der Waals surface area contributed by atoms with Gasteiger partial charge < -0.3 is 10.1 Å². The van der Waals surface area contributed by atoms with Gasteiger partial charge in [0.2, 0.25) is 5.91 Å². The number of hydrogen-bond donors (Lipinski definition) is 1.